The summed E-state index contributed by atoms with van der Waals surface area (Å²) in [4.78, 5) is 16.9. The van der Waals surface area contributed by atoms with Crippen molar-refractivity contribution in [2.75, 3.05) is 6.61 Å². The molecular weight excluding hydrogens is 359 g/mol. The van der Waals surface area contributed by atoms with Crippen molar-refractivity contribution in [3.8, 4) is 5.69 Å². The lowest BCUT2D eigenvalue weighted by Gasteiger charge is -2.20. The number of aromatic nitrogens is 3. The Balaban J connectivity index is 1.49. The normalized spacial score (nSPS) is 20.1. The third-order valence-corrected chi connectivity index (χ3v) is 5.00. The molecule has 1 amide bonds. The van der Waals surface area contributed by atoms with Gasteiger partial charge < -0.3 is 10.1 Å². The van der Waals surface area contributed by atoms with Crippen molar-refractivity contribution in [3.05, 3.63) is 78.1 Å². The van der Waals surface area contributed by atoms with E-state index in [9.17, 15) is 9.18 Å². The van der Waals surface area contributed by atoms with E-state index in [1.165, 1.54) is 10.7 Å². The molecule has 3 heterocycles. The Labute approximate surface area is 162 Å². The number of nitrogens with zero attached hydrogens (tertiary/aromatic N) is 3. The quantitative estimate of drug-likeness (QED) is 0.737. The number of amides is 1. The van der Waals surface area contributed by atoms with Crippen LogP contribution in [0.1, 0.15) is 36.6 Å². The van der Waals surface area contributed by atoms with Crippen LogP contribution in [-0.2, 0) is 9.53 Å². The summed E-state index contributed by atoms with van der Waals surface area (Å²) in [7, 11) is 0. The van der Waals surface area contributed by atoms with Gasteiger partial charge >= 0.3 is 0 Å². The van der Waals surface area contributed by atoms with E-state index >= 15 is 0 Å². The molecule has 0 saturated carbocycles. The predicted molar refractivity (Wildman–Crippen MR) is 101 cm³/mol. The molecule has 0 aliphatic carbocycles. The zero-order valence-corrected chi connectivity index (χ0v) is 15.5. The van der Waals surface area contributed by atoms with Gasteiger partial charge in [-0.05, 0) is 37.1 Å². The van der Waals surface area contributed by atoms with Crippen molar-refractivity contribution in [2.45, 2.75) is 25.5 Å². The Hall–Kier alpha value is -3.06. The fraction of sp³-hybridized carbons (Fsp3) is 0.286. The first-order valence-electron chi connectivity index (χ1n) is 9.25. The highest BCUT2D eigenvalue weighted by molar-refractivity contribution is 5.80. The molecule has 7 heteroatoms. The van der Waals surface area contributed by atoms with Crippen LogP contribution in [0.5, 0.6) is 0 Å². The van der Waals surface area contributed by atoms with Crippen LogP contribution in [0.2, 0.25) is 0 Å². The minimum Gasteiger partial charge on any atom is -0.373 e. The average molecular weight is 380 g/mol. The number of para-hydroxylation sites is 1. The van der Waals surface area contributed by atoms with Crippen LogP contribution in [0.15, 0.2) is 61.2 Å². The van der Waals surface area contributed by atoms with E-state index in [0.29, 0.717) is 18.7 Å². The molecule has 0 radical (unpaired) electrons. The number of halogens is 1. The molecule has 3 aromatic rings. The summed E-state index contributed by atoms with van der Waals surface area (Å²) in [5.41, 5.74) is 2.06. The molecule has 1 aromatic carbocycles. The number of carbonyl (C=O) groups is 1. The Kier molecular flexibility index (Phi) is 5.16. The van der Waals surface area contributed by atoms with Gasteiger partial charge in [-0.25, -0.2) is 9.07 Å². The summed E-state index contributed by atoms with van der Waals surface area (Å²) < 4.78 is 21.3. The molecule has 3 atom stereocenters. The Bertz CT molecular complexity index is 960. The first-order chi connectivity index (χ1) is 13.6. The zero-order valence-electron chi connectivity index (χ0n) is 15.5. The van der Waals surface area contributed by atoms with E-state index in [-0.39, 0.29) is 23.7 Å². The smallest absolute Gasteiger partial charge is 0.226 e. The molecule has 0 bridgehead atoms. The van der Waals surface area contributed by atoms with Gasteiger partial charge in [0.05, 0.1) is 24.3 Å². The number of benzene rings is 1. The van der Waals surface area contributed by atoms with Gasteiger partial charge in [0.15, 0.2) is 0 Å². The third kappa shape index (κ3) is 3.66. The summed E-state index contributed by atoms with van der Waals surface area (Å²) in [6, 6.07) is 10.0. The van der Waals surface area contributed by atoms with Crippen molar-refractivity contribution in [1.29, 1.82) is 0 Å². The number of pyridine rings is 1. The first kappa shape index (κ1) is 18.3. The van der Waals surface area contributed by atoms with Gasteiger partial charge in [0.2, 0.25) is 5.91 Å². The standard InChI is InChI=1S/C21H21FN4O2/c1-14(15-5-4-9-23-11-15)25-21(27)17-8-10-28-20(17)16-12-24-26(13-16)19-7-3-2-6-18(19)22/h2-7,9,11-14,17,20H,8,10H2,1H3,(H,25,27)/t14-,17-,20+/m0/s1. The number of nitrogens with one attached hydrogen (secondary N) is 1. The van der Waals surface area contributed by atoms with E-state index in [2.05, 4.69) is 15.4 Å². The second-order valence-corrected chi connectivity index (χ2v) is 6.87. The number of carbonyl (C=O) groups excluding carboxylic acids is 1. The summed E-state index contributed by atoms with van der Waals surface area (Å²) >= 11 is 0. The fourth-order valence-corrected chi connectivity index (χ4v) is 3.48. The van der Waals surface area contributed by atoms with E-state index < -0.39 is 6.10 Å². The lowest BCUT2D eigenvalue weighted by Crippen LogP contribution is -2.34. The van der Waals surface area contributed by atoms with Crippen LogP contribution in [0.3, 0.4) is 0 Å². The molecule has 4 rings (SSSR count). The second-order valence-electron chi connectivity index (χ2n) is 6.87. The van der Waals surface area contributed by atoms with Crippen molar-refractivity contribution < 1.29 is 13.9 Å². The summed E-state index contributed by atoms with van der Waals surface area (Å²) in [5.74, 6) is -0.751. The summed E-state index contributed by atoms with van der Waals surface area (Å²) in [6.45, 7) is 2.42. The Morgan fingerprint density at radius 3 is 2.93 bits per heavy atom. The van der Waals surface area contributed by atoms with Crippen molar-refractivity contribution >= 4 is 5.91 Å². The van der Waals surface area contributed by atoms with E-state index in [1.54, 1.807) is 43.0 Å². The summed E-state index contributed by atoms with van der Waals surface area (Å²) in [6.07, 6.45) is 7.02. The van der Waals surface area contributed by atoms with Crippen molar-refractivity contribution in [2.24, 2.45) is 5.92 Å². The molecule has 2 aromatic heterocycles. The molecule has 1 aliphatic rings. The molecule has 0 unspecified atom stereocenters. The zero-order chi connectivity index (χ0) is 19.5. The first-order valence-corrected chi connectivity index (χ1v) is 9.25. The van der Waals surface area contributed by atoms with Gasteiger partial charge in [0.1, 0.15) is 11.5 Å². The maximum Gasteiger partial charge on any atom is 0.226 e. The van der Waals surface area contributed by atoms with E-state index in [4.69, 9.17) is 4.74 Å². The highest BCUT2D eigenvalue weighted by Crippen LogP contribution is 2.35. The number of ether oxygens (including phenoxy) is 1. The number of rotatable bonds is 5. The largest absolute Gasteiger partial charge is 0.373 e. The van der Waals surface area contributed by atoms with Crippen LogP contribution in [-0.4, -0.2) is 27.3 Å². The number of hydrogen-bond acceptors (Lipinski definition) is 4. The SMILES string of the molecule is C[C@H](NC(=O)[C@H]1CCO[C@@H]1c1cnn(-c2ccccc2F)c1)c1cccnc1. The minimum atomic E-state index is -0.401. The Morgan fingerprint density at radius 2 is 2.14 bits per heavy atom. The summed E-state index contributed by atoms with van der Waals surface area (Å²) in [5, 5.41) is 7.29. The van der Waals surface area contributed by atoms with Crippen LogP contribution >= 0.6 is 0 Å². The lowest BCUT2D eigenvalue weighted by atomic mass is 9.96. The molecule has 1 N–H and O–H groups in total. The third-order valence-electron chi connectivity index (χ3n) is 5.00. The highest BCUT2D eigenvalue weighted by Gasteiger charge is 2.36. The molecule has 1 fully saturated rings. The van der Waals surface area contributed by atoms with Crippen molar-refractivity contribution in [1.82, 2.24) is 20.1 Å². The number of hydrogen-bond donors (Lipinski definition) is 1. The lowest BCUT2D eigenvalue weighted by molar-refractivity contribution is -0.127. The molecular formula is C21H21FN4O2. The van der Waals surface area contributed by atoms with Crippen LogP contribution in [0, 0.1) is 11.7 Å². The van der Waals surface area contributed by atoms with Gasteiger partial charge in [0, 0.05) is 30.8 Å². The second kappa shape index (κ2) is 7.90. The van der Waals surface area contributed by atoms with Crippen molar-refractivity contribution in [3.63, 3.8) is 0 Å². The van der Waals surface area contributed by atoms with Gasteiger partial charge in [-0.1, -0.05) is 18.2 Å². The Morgan fingerprint density at radius 1 is 1.29 bits per heavy atom. The fourth-order valence-electron chi connectivity index (χ4n) is 3.48. The highest BCUT2D eigenvalue weighted by atomic mass is 19.1. The van der Waals surface area contributed by atoms with Gasteiger partial charge in [0.25, 0.3) is 0 Å². The minimum absolute atomic E-state index is 0.0718. The molecule has 1 saturated heterocycles. The molecule has 144 valence electrons. The van der Waals surface area contributed by atoms with E-state index in [1.807, 2.05) is 19.1 Å². The predicted octanol–water partition coefficient (Wildman–Crippen LogP) is 3.36. The van der Waals surface area contributed by atoms with E-state index in [0.717, 1.165) is 11.1 Å². The maximum atomic E-state index is 14.0. The molecule has 28 heavy (non-hydrogen) atoms. The molecule has 6 nitrogen and oxygen atoms in total. The van der Waals surface area contributed by atoms with Gasteiger partial charge in [-0.3, -0.25) is 9.78 Å². The molecule has 0 spiro atoms. The topological polar surface area (TPSA) is 69.0 Å². The van der Waals surface area contributed by atoms with Gasteiger partial charge in [-0.15, -0.1) is 0 Å². The maximum absolute atomic E-state index is 14.0. The van der Waals surface area contributed by atoms with Crippen LogP contribution in [0.4, 0.5) is 4.39 Å². The van der Waals surface area contributed by atoms with Gasteiger partial charge in [-0.2, -0.15) is 5.10 Å². The monoisotopic (exact) mass is 380 g/mol. The van der Waals surface area contributed by atoms with Crippen LogP contribution in [0.25, 0.3) is 5.69 Å². The average Bonchev–Trinajstić information content (AvgIpc) is 3.38. The molecule has 1 aliphatic heterocycles. The van der Waals surface area contributed by atoms with Crippen LogP contribution < -0.4 is 5.32 Å².